The van der Waals surface area contributed by atoms with E-state index in [0.29, 0.717) is 18.1 Å². The zero-order valence-corrected chi connectivity index (χ0v) is 19.5. The van der Waals surface area contributed by atoms with Crippen molar-refractivity contribution in [1.29, 1.82) is 0 Å². The minimum absolute atomic E-state index is 0.0247. The van der Waals surface area contributed by atoms with Crippen molar-refractivity contribution in [2.24, 2.45) is 0 Å². The molecule has 0 unspecified atom stereocenters. The molecule has 0 fully saturated rings. The van der Waals surface area contributed by atoms with Crippen LogP contribution in [0.2, 0.25) is 0 Å². The molecule has 2 aromatic carbocycles. The molecule has 0 saturated carbocycles. The molecule has 3 aromatic rings. The second-order valence-electron chi connectivity index (χ2n) is 7.88. The average Bonchev–Trinajstić information content (AvgIpc) is 3.41. The van der Waals surface area contributed by atoms with E-state index in [1.165, 1.54) is 16.2 Å². The van der Waals surface area contributed by atoms with Crippen LogP contribution < -0.4 is 5.32 Å². The molecule has 1 aliphatic carbocycles. The number of hydrogen-bond acceptors (Lipinski definition) is 6. The number of carbonyl (C=O) groups is 3. The number of carbonyl (C=O) groups excluding carboxylic acids is 2. The van der Waals surface area contributed by atoms with Crippen molar-refractivity contribution in [2.75, 3.05) is 25.0 Å². The Labute approximate surface area is 201 Å². The second kappa shape index (κ2) is 10.5. The maximum atomic E-state index is 12.4. The van der Waals surface area contributed by atoms with Gasteiger partial charge in [-0.05, 0) is 35.6 Å². The summed E-state index contributed by atoms with van der Waals surface area (Å²) in [4.78, 5) is 41.8. The highest BCUT2D eigenvalue weighted by Gasteiger charge is 2.29. The number of carboxylic acid groups (broad SMARTS) is 1. The van der Waals surface area contributed by atoms with E-state index in [2.05, 4.69) is 34.6 Å². The number of aliphatic carboxylic acids is 1. The summed E-state index contributed by atoms with van der Waals surface area (Å²) >= 11 is 1.26. The van der Waals surface area contributed by atoms with E-state index in [1.807, 2.05) is 24.3 Å². The monoisotopic (exact) mass is 479 g/mol. The standard InChI is InChI=1S/C25H25N3O5S/c1-2-28(14-23(30)31)22(29)12-11-16-13-26-24(34-16)27-25(32)33-15-21-19-9-5-3-7-17(19)18-8-4-6-10-20(18)21/h3-10,13,21H,2,11-12,14-15H2,1H3,(H,30,31)(H,26,27,32). The molecule has 0 radical (unpaired) electrons. The minimum Gasteiger partial charge on any atom is -0.480 e. The first-order valence-corrected chi connectivity index (χ1v) is 11.8. The number of thiazole rings is 1. The Balaban J connectivity index is 1.30. The molecule has 8 nitrogen and oxygen atoms in total. The van der Waals surface area contributed by atoms with Gasteiger partial charge in [-0.2, -0.15) is 0 Å². The fraction of sp³-hybridized carbons (Fsp3) is 0.280. The Morgan fingerprint density at radius 3 is 2.35 bits per heavy atom. The Hall–Kier alpha value is -3.72. The molecular weight excluding hydrogens is 454 g/mol. The second-order valence-corrected chi connectivity index (χ2v) is 9.00. The van der Waals surface area contributed by atoms with Crippen molar-refractivity contribution in [3.05, 3.63) is 70.7 Å². The largest absolute Gasteiger partial charge is 0.480 e. The lowest BCUT2D eigenvalue weighted by molar-refractivity contribution is -0.144. The van der Waals surface area contributed by atoms with Gasteiger partial charge in [0.15, 0.2) is 5.13 Å². The highest BCUT2D eigenvalue weighted by atomic mass is 32.1. The van der Waals surface area contributed by atoms with Gasteiger partial charge in [0, 0.05) is 30.0 Å². The van der Waals surface area contributed by atoms with Gasteiger partial charge in [-0.25, -0.2) is 9.78 Å². The van der Waals surface area contributed by atoms with Crippen LogP contribution >= 0.6 is 11.3 Å². The molecule has 1 aliphatic rings. The normalized spacial score (nSPS) is 12.0. The first-order chi connectivity index (χ1) is 16.5. The van der Waals surface area contributed by atoms with Crippen LogP contribution in [0.25, 0.3) is 11.1 Å². The lowest BCUT2D eigenvalue weighted by Gasteiger charge is -2.18. The molecular formula is C25H25N3O5S. The number of nitrogens with one attached hydrogen (secondary N) is 1. The molecule has 176 valence electrons. The summed E-state index contributed by atoms with van der Waals surface area (Å²) in [5.41, 5.74) is 4.61. The molecule has 0 aliphatic heterocycles. The number of likely N-dealkylation sites (N-methyl/N-ethyl adjacent to an activating group) is 1. The Bertz CT molecular complexity index is 1160. The number of aromatic nitrogens is 1. The van der Waals surface area contributed by atoms with E-state index in [0.717, 1.165) is 27.1 Å². The number of fused-ring (bicyclic) bond motifs is 3. The summed E-state index contributed by atoms with van der Waals surface area (Å²) in [5, 5.41) is 11.9. The van der Waals surface area contributed by atoms with E-state index in [1.54, 1.807) is 13.1 Å². The molecule has 2 N–H and O–H groups in total. The first kappa shape index (κ1) is 23.4. The number of benzene rings is 2. The molecule has 0 spiro atoms. The molecule has 9 heteroatoms. The zero-order valence-electron chi connectivity index (χ0n) is 18.7. The number of amides is 2. The van der Waals surface area contributed by atoms with Gasteiger partial charge >= 0.3 is 12.1 Å². The average molecular weight is 480 g/mol. The highest BCUT2D eigenvalue weighted by molar-refractivity contribution is 7.15. The Morgan fingerprint density at radius 2 is 1.74 bits per heavy atom. The van der Waals surface area contributed by atoms with Crippen molar-refractivity contribution in [3.8, 4) is 11.1 Å². The van der Waals surface area contributed by atoms with Crippen LogP contribution in [0, 0.1) is 0 Å². The van der Waals surface area contributed by atoms with Crippen LogP contribution in [0.3, 0.4) is 0 Å². The maximum Gasteiger partial charge on any atom is 0.413 e. The van der Waals surface area contributed by atoms with E-state index in [4.69, 9.17) is 9.84 Å². The third kappa shape index (κ3) is 5.26. The topological polar surface area (TPSA) is 109 Å². The van der Waals surface area contributed by atoms with Gasteiger partial charge in [0.05, 0.1) is 0 Å². The molecule has 1 heterocycles. The molecule has 4 rings (SSSR count). The predicted molar refractivity (Wildman–Crippen MR) is 129 cm³/mol. The molecule has 0 saturated heterocycles. The lowest BCUT2D eigenvalue weighted by atomic mass is 9.98. The van der Waals surface area contributed by atoms with E-state index >= 15 is 0 Å². The van der Waals surface area contributed by atoms with Gasteiger partial charge in [-0.15, -0.1) is 11.3 Å². The summed E-state index contributed by atoms with van der Waals surface area (Å²) in [6.45, 7) is 1.97. The molecule has 1 aromatic heterocycles. The van der Waals surface area contributed by atoms with Gasteiger partial charge in [0.1, 0.15) is 13.2 Å². The quantitative estimate of drug-likeness (QED) is 0.472. The molecule has 0 bridgehead atoms. The fourth-order valence-corrected chi connectivity index (χ4v) is 4.93. The third-order valence-electron chi connectivity index (χ3n) is 5.75. The van der Waals surface area contributed by atoms with Crippen molar-refractivity contribution in [1.82, 2.24) is 9.88 Å². The number of rotatable bonds is 9. The van der Waals surface area contributed by atoms with Crippen molar-refractivity contribution >= 4 is 34.4 Å². The molecule has 0 atom stereocenters. The van der Waals surface area contributed by atoms with Gasteiger partial charge in [0.2, 0.25) is 5.91 Å². The summed E-state index contributed by atoms with van der Waals surface area (Å²) in [6.07, 6.45) is 1.61. The smallest absolute Gasteiger partial charge is 0.413 e. The SMILES string of the molecule is CCN(CC(=O)O)C(=O)CCc1cnc(NC(=O)OCC2c3ccccc3-c3ccccc32)s1. The summed E-state index contributed by atoms with van der Waals surface area (Å²) in [6, 6.07) is 16.3. The molecule has 2 amide bonds. The van der Waals surface area contributed by atoms with Gasteiger partial charge < -0.3 is 14.7 Å². The van der Waals surface area contributed by atoms with Crippen LogP contribution in [0.4, 0.5) is 9.93 Å². The van der Waals surface area contributed by atoms with Crippen LogP contribution in [0.5, 0.6) is 0 Å². The summed E-state index contributed by atoms with van der Waals surface area (Å²) in [7, 11) is 0. The van der Waals surface area contributed by atoms with Crippen molar-refractivity contribution in [2.45, 2.75) is 25.7 Å². The van der Waals surface area contributed by atoms with E-state index in [-0.39, 0.29) is 31.4 Å². The zero-order chi connectivity index (χ0) is 24.1. The van der Waals surface area contributed by atoms with Gasteiger partial charge in [-0.3, -0.25) is 14.9 Å². The minimum atomic E-state index is -1.04. The number of nitrogens with zero attached hydrogens (tertiary/aromatic N) is 2. The Morgan fingerprint density at radius 1 is 1.09 bits per heavy atom. The van der Waals surface area contributed by atoms with E-state index < -0.39 is 12.1 Å². The predicted octanol–water partition coefficient (Wildman–Crippen LogP) is 4.37. The first-order valence-electron chi connectivity index (χ1n) is 11.0. The fourth-order valence-electron chi connectivity index (χ4n) is 4.13. The van der Waals surface area contributed by atoms with Crippen LogP contribution in [-0.2, 0) is 20.7 Å². The molecule has 34 heavy (non-hydrogen) atoms. The number of carboxylic acids is 1. The highest BCUT2D eigenvalue weighted by Crippen LogP contribution is 2.44. The maximum absolute atomic E-state index is 12.4. The summed E-state index contributed by atoms with van der Waals surface area (Å²) < 4.78 is 5.53. The number of anilines is 1. The van der Waals surface area contributed by atoms with Crippen LogP contribution in [0.15, 0.2) is 54.7 Å². The lowest BCUT2D eigenvalue weighted by Crippen LogP contribution is -2.35. The summed E-state index contributed by atoms with van der Waals surface area (Å²) in [5.74, 6) is -1.30. The van der Waals surface area contributed by atoms with Crippen molar-refractivity contribution < 1.29 is 24.2 Å². The van der Waals surface area contributed by atoms with E-state index in [9.17, 15) is 14.4 Å². The number of aryl methyl sites for hydroxylation is 1. The van der Waals surface area contributed by atoms with Crippen LogP contribution in [-0.4, -0.2) is 52.7 Å². The van der Waals surface area contributed by atoms with Gasteiger partial charge in [0.25, 0.3) is 0 Å². The van der Waals surface area contributed by atoms with Crippen LogP contribution in [0.1, 0.15) is 35.3 Å². The van der Waals surface area contributed by atoms with Crippen molar-refractivity contribution in [3.63, 3.8) is 0 Å². The number of ether oxygens (including phenoxy) is 1. The Kier molecular flexibility index (Phi) is 7.22. The third-order valence-corrected chi connectivity index (χ3v) is 6.72. The van der Waals surface area contributed by atoms with Gasteiger partial charge in [-0.1, -0.05) is 48.5 Å². The number of hydrogen-bond donors (Lipinski definition) is 2.